The Morgan fingerprint density at radius 3 is 2.68 bits per heavy atom. The van der Waals surface area contributed by atoms with Crippen LogP contribution < -0.4 is 4.74 Å². The summed E-state index contributed by atoms with van der Waals surface area (Å²) in [5.41, 5.74) is 1.28. The van der Waals surface area contributed by atoms with Crippen molar-refractivity contribution in [1.29, 1.82) is 0 Å². The Labute approximate surface area is 118 Å². The Bertz CT molecular complexity index is 416. The van der Waals surface area contributed by atoms with Crippen molar-refractivity contribution >= 4 is 17.6 Å². The van der Waals surface area contributed by atoms with Gasteiger partial charge in [0.25, 0.3) is 0 Å². The molecule has 104 valence electrons. The molecule has 4 heteroatoms. The molecule has 0 bridgehead atoms. The number of benzene rings is 1. The van der Waals surface area contributed by atoms with Crippen LogP contribution in [0.2, 0.25) is 0 Å². The molecule has 1 aromatic rings. The first-order valence-electron chi connectivity index (χ1n) is 6.62. The maximum absolute atomic E-state index is 11.2. The van der Waals surface area contributed by atoms with Crippen LogP contribution in [0.25, 0.3) is 0 Å². The smallest absolute Gasteiger partial charge is 0.321 e. The largest absolute Gasteiger partial charge is 0.497 e. The fourth-order valence-electron chi connectivity index (χ4n) is 2.65. The van der Waals surface area contributed by atoms with Gasteiger partial charge in [0.05, 0.1) is 7.11 Å². The van der Waals surface area contributed by atoms with E-state index in [2.05, 4.69) is 12.1 Å². The summed E-state index contributed by atoms with van der Waals surface area (Å²) in [5, 5.41) is 0. The normalized spacial score (nSPS) is 22.8. The molecule has 2 rings (SSSR count). The van der Waals surface area contributed by atoms with Crippen LogP contribution in [0.5, 0.6) is 5.75 Å². The van der Waals surface area contributed by atoms with Gasteiger partial charge in [0, 0.05) is 0 Å². The van der Waals surface area contributed by atoms with Crippen LogP contribution in [-0.4, -0.2) is 25.1 Å². The molecule has 1 fully saturated rings. The number of esters is 1. The summed E-state index contributed by atoms with van der Waals surface area (Å²) in [6.45, 7) is 0. The third-order valence-corrected chi connectivity index (χ3v) is 3.84. The zero-order valence-corrected chi connectivity index (χ0v) is 11.9. The molecule has 0 amide bonds. The summed E-state index contributed by atoms with van der Waals surface area (Å²) in [4.78, 5) is 11.2. The van der Waals surface area contributed by atoms with Gasteiger partial charge in [-0.15, -0.1) is 11.6 Å². The third-order valence-electron chi connectivity index (χ3n) is 3.62. The summed E-state index contributed by atoms with van der Waals surface area (Å²) < 4.78 is 10.5. The molecule has 3 nitrogen and oxygen atoms in total. The number of carbonyl (C=O) groups excluding carboxylic acids is 1. The van der Waals surface area contributed by atoms with E-state index in [1.807, 2.05) is 12.1 Å². The molecular formula is C15H19ClO3. The fourth-order valence-corrected chi connectivity index (χ4v) is 2.71. The predicted octanol–water partition coefficient (Wildman–Crippen LogP) is 3.50. The Balaban J connectivity index is 1.97. The van der Waals surface area contributed by atoms with E-state index in [0.29, 0.717) is 5.92 Å². The minimum atomic E-state index is -0.318. The van der Waals surface area contributed by atoms with Gasteiger partial charge in [-0.3, -0.25) is 4.79 Å². The first kappa shape index (κ1) is 14.2. The summed E-state index contributed by atoms with van der Waals surface area (Å²) in [5.74, 6) is 0.934. The van der Waals surface area contributed by atoms with E-state index in [1.165, 1.54) is 5.56 Å². The van der Waals surface area contributed by atoms with Crippen LogP contribution in [0.15, 0.2) is 24.3 Å². The maximum Gasteiger partial charge on any atom is 0.321 e. The Hall–Kier alpha value is -1.22. The Morgan fingerprint density at radius 2 is 2.05 bits per heavy atom. The monoisotopic (exact) mass is 282 g/mol. The zero-order valence-electron chi connectivity index (χ0n) is 11.1. The van der Waals surface area contributed by atoms with Gasteiger partial charge in [-0.2, -0.15) is 0 Å². The Morgan fingerprint density at radius 1 is 1.32 bits per heavy atom. The van der Waals surface area contributed by atoms with E-state index in [-0.39, 0.29) is 18.0 Å². The highest BCUT2D eigenvalue weighted by atomic mass is 35.5. The van der Waals surface area contributed by atoms with Gasteiger partial charge in [-0.05, 0) is 49.3 Å². The topological polar surface area (TPSA) is 35.5 Å². The molecule has 1 aliphatic carbocycles. The average molecular weight is 283 g/mol. The lowest BCUT2D eigenvalue weighted by Gasteiger charge is -2.29. The quantitative estimate of drug-likeness (QED) is 0.626. The van der Waals surface area contributed by atoms with Crippen molar-refractivity contribution in [2.24, 2.45) is 0 Å². The SMILES string of the molecule is COc1ccc([C@@H]2CCC[C@@H](OC(=O)CCl)C2)cc1. The minimum absolute atomic E-state index is 0.00658. The second-order valence-corrected chi connectivity index (χ2v) is 5.15. The molecule has 2 atom stereocenters. The standard InChI is InChI=1S/C15H19ClO3/c1-18-13-7-5-11(6-8-13)12-3-2-4-14(9-12)19-15(17)10-16/h5-8,12,14H,2-4,9-10H2,1H3/t12-,14-/m1/s1. The van der Waals surface area contributed by atoms with Crippen LogP contribution in [0.3, 0.4) is 0 Å². The molecule has 1 aliphatic rings. The van der Waals surface area contributed by atoms with Crippen molar-refractivity contribution in [1.82, 2.24) is 0 Å². The molecule has 19 heavy (non-hydrogen) atoms. The summed E-state index contributed by atoms with van der Waals surface area (Å²) in [6.07, 6.45) is 4.05. The van der Waals surface area contributed by atoms with Crippen molar-refractivity contribution < 1.29 is 14.3 Å². The van der Waals surface area contributed by atoms with Gasteiger partial charge in [-0.1, -0.05) is 12.1 Å². The van der Waals surface area contributed by atoms with Crippen molar-refractivity contribution in [3.8, 4) is 5.75 Å². The number of hydrogen-bond acceptors (Lipinski definition) is 3. The van der Waals surface area contributed by atoms with Gasteiger partial charge in [0.15, 0.2) is 0 Å². The molecule has 0 spiro atoms. The molecule has 0 radical (unpaired) electrons. The molecule has 0 heterocycles. The summed E-state index contributed by atoms with van der Waals surface area (Å²) in [7, 11) is 1.66. The van der Waals surface area contributed by atoms with Crippen molar-refractivity contribution in [3.63, 3.8) is 0 Å². The van der Waals surface area contributed by atoms with Crippen LogP contribution in [0.4, 0.5) is 0 Å². The van der Waals surface area contributed by atoms with Crippen LogP contribution in [-0.2, 0) is 9.53 Å². The minimum Gasteiger partial charge on any atom is -0.497 e. The highest BCUT2D eigenvalue weighted by Gasteiger charge is 2.25. The highest BCUT2D eigenvalue weighted by Crippen LogP contribution is 2.34. The van der Waals surface area contributed by atoms with Gasteiger partial charge in [0.1, 0.15) is 17.7 Å². The van der Waals surface area contributed by atoms with E-state index in [9.17, 15) is 4.79 Å². The highest BCUT2D eigenvalue weighted by molar-refractivity contribution is 6.26. The fraction of sp³-hybridized carbons (Fsp3) is 0.533. The van der Waals surface area contributed by atoms with Gasteiger partial charge in [-0.25, -0.2) is 0 Å². The lowest BCUT2D eigenvalue weighted by atomic mass is 9.82. The van der Waals surface area contributed by atoms with Crippen LogP contribution >= 0.6 is 11.6 Å². The van der Waals surface area contributed by atoms with E-state index in [1.54, 1.807) is 7.11 Å². The second kappa shape index (κ2) is 6.80. The summed E-state index contributed by atoms with van der Waals surface area (Å²) >= 11 is 5.47. The molecule has 1 saturated carbocycles. The zero-order chi connectivity index (χ0) is 13.7. The molecular weight excluding hydrogens is 264 g/mol. The molecule has 0 saturated heterocycles. The number of carbonyl (C=O) groups is 1. The van der Waals surface area contributed by atoms with Gasteiger partial charge >= 0.3 is 5.97 Å². The summed E-state index contributed by atoms with van der Waals surface area (Å²) in [6, 6.07) is 8.14. The average Bonchev–Trinajstić information content (AvgIpc) is 2.47. The van der Waals surface area contributed by atoms with E-state index in [4.69, 9.17) is 21.1 Å². The van der Waals surface area contributed by atoms with E-state index < -0.39 is 0 Å². The van der Waals surface area contributed by atoms with Gasteiger partial charge < -0.3 is 9.47 Å². The number of halogens is 1. The van der Waals surface area contributed by atoms with E-state index in [0.717, 1.165) is 31.4 Å². The van der Waals surface area contributed by atoms with Gasteiger partial charge in [0.2, 0.25) is 0 Å². The number of methoxy groups -OCH3 is 1. The lowest BCUT2D eigenvalue weighted by Crippen LogP contribution is -2.25. The number of alkyl halides is 1. The first-order valence-corrected chi connectivity index (χ1v) is 7.15. The molecule has 0 unspecified atom stereocenters. The number of rotatable bonds is 4. The van der Waals surface area contributed by atoms with Crippen LogP contribution in [0, 0.1) is 0 Å². The second-order valence-electron chi connectivity index (χ2n) is 4.88. The van der Waals surface area contributed by atoms with Crippen molar-refractivity contribution in [2.45, 2.75) is 37.7 Å². The van der Waals surface area contributed by atoms with E-state index >= 15 is 0 Å². The molecule has 0 N–H and O–H groups in total. The number of hydrogen-bond donors (Lipinski definition) is 0. The molecule has 0 aromatic heterocycles. The number of ether oxygens (including phenoxy) is 2. The van der Waals surface area contributed by atoms with Crippen LogP contribution in [0.1, 0.15) is 37.2 Å². The third kappa shape index (κ3) is 3.87. The first-order chi connectivity index (χ1) is 9.22. The molecule has 1 aromatic carbocycles. The Kier molecular flexibility index (Phi) is 5.08. The van der Waals surface area contributed by atoms with Crippen molar-refractivity contribution in [3.05, 3.63) is 29.8 Å². The maximum atomic E-state index is 11.2. The molecule has 0 aliphatic heterocycles. The predicted molar refractivity (Wildman–Crippen MR) is 74.8 cm³/mol. The van der Waals surface area contributed by atoms with Crippen molar-refractivity contribution in [2.75, 3.05) is 13.0 Å². The lowest BCUT2D eigenvalue weighted by molar-refractivity contribution is -0.147.